The second-order valence-corrected chi connectivity index (χ2v) is 2.59. The fourth-order valence-electron chi connectivity index (χ4n) is 0.111. The lowest BCUT2D eigenvalue weighted by Crippen LogP contribution is -2.40. The average molecular weight is 243 g/mol. The predicted molar refractivity (Wildman–Crippen MR) is 29.7 cm³/mol. The number of rotatable bonds is 1. The largest absolute Gasteiger partial charge is 0.445 e. The van der Waals surface area contributed by atoms with Crippen molar-refractivity contribution < 1.29 is 22.4 Å². The van der Waals surface area contributed by atoms with Crippen LogP contribution in [0.2, 0.25) is 0 Å². The standard InChI is InChI=1S/C3BrClF4O/c4-1(10)2(5,6)3(7,8)9/t2-/m1/s1. The molecule has 0 rings (SSSR count). The third-order valence-corrected chi connectivity index (χ3v) is 1.76. The van der Waals surface area contributed by atoms with E-state index in [1.807, 2.05) is 0 Å². The Bertz CT molecular complexity index is 153. The van der Waals surface area contributed by atoms with E-state index >= 15 is 0 Å². The van der Waals surface area contributed by atoms with Crippen LogP contribution in [0.25, 0.3) is 0 Å². The zero-order valence-corrected chi connectivity index (χ0v) is 6.52. The highest BCUT2D eigenvalue weighted by Gasteiger charge is 2.59. The highest BCUT2D eigenvalue weighted by atomic mass is 79.9. The van der Waals surface area contributed by atoms with Gasteiger partial charge in [-0.05, 0) is 15.9 Å². The third-order valence-electron chi connectivity index (χ3n) is 0.603. The van der Waals surface area contributed by atoms with E-state index in [1.54, 1.807) is 15.9 Å². The van der Waals surface area contributed by atoms with E-state index in [-0.39, 0.29) is 0 Å². The number of hydrogen-bond acceptors (Lipinski definition) is 1. The molecule has 0 amide bonds. The first-order valence-corrected chi connectivity index (χ1v) is 3.01. The summed E-state index contributed by atoms with van der Waals surface area (Å²) in [6, 6.07) is 0. The maximum absolute atomic E-state index is 12.0. The molecule has 60 valence electrons. The van der Waals surface area contributed by atoms with E-state index in [4.69, 9.17) is 0 Å². The van der Waals surface area contributed by atoms with Crippen LogP contribution in [-0.4, -0.2) is 16.0 Å². The molecule has 1 nitrogen and oxygen atoms in total. The molecule has 0 spiro atoms. The van der Waals surface area contributed by atoms with Crippen LogP contribution in [0, 0.1) is 0 Å². The van der Waals surface area contributed by atoms with E-state index in [9.17, 15) is 22.4 Å². The Hall–Kier alpha value is 0.160. The first-order chi connectivity index (χ1) is 4.19. The molecule has 0 aromatic rings. The summed E-state index contributed by atoms with van der Waals surface area (Å²) in [6.07, 6.45) is -5.38. The molecule has 0 unspecified atom stereocenters. The minimum absolute atomic E-state index is 1.77. The molecule has 0 fully saturated rings. The van der Waals surface area contributed by atoms with Gasteiger partial charge in [0.05, 0.1) is 0 Å². The summed E-state index contributed by atoms with van der Waals surface area (Å²) >= 11 is 5.92. The normalized spacial score (nSPS) is 18.2. The van der Waals surface area contributed by atoms with Gasteiger partial charge in [-0.25, -0.2) is 4.39 Å². The van der Waals surface area contributed by atoms with Crippen molar-refractivity contribution in [3.63, 3.8) is 0 Å². The van der Waals surface area contributed by atoms with Gasteiger partial charge in [-0.1, -0.05) is 11.6 Å². The molecule has 0 aliphatic heterocycles. The van der Waals surface area contributed by atoms with Gasteiger partial charge in [0.25, 0.3) is 4.69 Å². The Kier molecular flexibility index (Phi) is 2.70. The highest BCUT2D eigenvalue weighted by molar-refractivity contribution is 9.18. The highest BCUT2D eigenvalue weighted by Crippen LogP contribution is 2.39. The Labute approximate surface area is 66.5 Å². The Morgan fingerprint density at radius 3 is 1.60 bits per heavy atom. The van der Waals surface area contributed by atoms with Gasteiger partial charge in [-0.3, -0.25) is 4.79 Å². The van der Waals surface area contributed by atoms with Crippen molar-refractivity contribution in [1.29, 1.82) is 0 Å². The van der Waals surface area contributed by atoms with E-state index in [0.29, 0.717) is 0 Å². The quantitative estimate of drug-likeness (QED) is 0.392. The summed E-state index contributed by atoms with van der Waals surface area (Å²) in [5, 5.41) is -4.31. The number of carbonyl (C=O) groups is 1. The van der Waals surface area contributed by atoms with E-state index in [0.717, 1.165) is 0 Å². The maximum Gasteiger partial charge on any atom is 0.445 e. The maximum atomic E-state index is 12.0. The van der Waals surface area contributed by atoms with Crippen molar-refractivity contribution in [2.24, 2.45) is 0 Å². The predicted octanol–water partition coefficient (Wildman–Crippen LogP) is 2.37. The fraction of sp³-hybridized carbons (Fsp3) is 0.667. The lowest BCUT2D eigenvalue weighted by atomic mass is 10.4. The van der Waals surface area contributed by atoms with Crippen LogP contribution in [0.3, 0.4) is 0 Å². The molecular weight excluding hydrogens is 243 g/mol. The molecule has 0 N–H and O–H groups in total. The topological polar surface area (TPSA) is 17.1 Å². The third kappa shape index (κ3) is 1.82. The molecule has 0 aliphatic rings. The summed E-state index contributed by atoms with van der Waals surface area (Å²) in [5.41, 5.74) is 0. The van der Waals surface area contributed by atoms with E-state index < -0.39 is 16.0 Å². The average Bonchev–Trinajstić information content (AvgIpc) is 1.62. The van der Waals surface area contributed by atoms with Crippen molar-refractivity contribution in [3.8, 4) is 0 Å². The molecule has 10 heavy (non-hydrogen) atoms. The summed E-state index contributed by atoms with van der Waals surface area (Å²) in [4.78, 5) is 9.80. The number of hydrogen-bond donors (Lipinski definition) is 0. The van der Waals surface area contributed by atoms with Gasteiger partial charge in [0.15, 0.2) is 0 Å². The zero-order chi connectivity index (χ0) is 8.58. The van der Waals surface area contributed by atoms with Gasteiger partial charge in [0, 0.05) is 0 Å². The lowest BCUT2D eigenvalue weighted by molar-refractivity contribution is -0.194. The van der Waals surface area contributed by atoms with Crippen molar-refractivity contribution in [2.45, 2.75) is 11.3 Å². The van der Waals surface area contributed by atoms with Crippen LogP contribution in [0.15, 0.2) is 0 Å². The molecule has 0 radical (unpaired) electrons. The van der Waals surface area contributed by atoms with Crippen LogP contribution >= 0.6 is 27.5 Å². The summed E-state index contributed by atoms with van der Waals surface area (Å²) in [5.74, 6) is 0. The number of carbonyl (C=O) groups excluding carboxylic acids is 1. The molecule has 0 bridgehead atoms. The van der Waals surface area contributed by atoms with Crippen LogP contribution in [0.4, 0.5) is 17.6 Å². The minimum atomic E-state index is -5.38. The molecule has 7 heteroatoms. The first kappa shape index (κ1) is 10.2. The van der Waals surface area contributed by atoms with Gasteiger partial charge < -0.3 is 0 Å². The van der Waals surface area contributed by atoms with E-state index in [1.165, 1.54) is 0 Å². The summed E-state index contributed by atoms with van der Waals surface area (Å²) in [7, 11) is 0. The van der Waals surface area contributed by atoms with Crippen molar-refractivity contribution >= 4 is 32.2 Å². The molecule has 0 aromatic carbocycles. The Morgan fingerprint density at radius 1 is 1.30 bits per heavy atom. The smallest absolute Gasteiger partial charge is 0.281 e. The Morgan fingerprint density at radius 2 is 1.60 bits per heavy atom. The van der Waals surface area contributed by atoms with Crippen molar-refractivity contribution in [2.75, 3.05) is 0 Å². The summed E-state index contributed by atoms with van der Waals surface area (Å²) < 4.78 is 44.0. The fourth-order valence-corrected chi connectivity index (χ4v) is 0.336. The molecular formula is C3BrClF4O. The zero-order valence-electron chi connectivity index (χ0n) is 4.18. The Balaban J connectivity index is 4.57. The molecule has 0 aromatic heterocycles. The lowest BCUT2D eigenvalue weighted by Gasteiger charge is -2.15. The second kappa shape index (κ2) is 2.65. The number of alkyl halides is 5. The minimum Gasteiger partial charge on any atom is -0.281 e. The molecule has 0 saturated heterocycles. The van der Waals surface area contributed by atoms with Crippen LogP contribution in [-0.2, 0) is 4.79 Å². The molecule has 1 atom stereocenters. The SMILES string of the molecule is O=C(Br)[C@](F)(Cl)C(F)(F)F. The van der Waals surface area contributed by atoms with Crippen molar-refractivity contribution in [1.82, 2.24) is 0 Å². The summed E-state index contributed by atoms with van der Waals surface area (Å²) in [6.45, 7) is 0. The monoisotopic (exact) mass is 242 g/mol. The van der Waals surface area contributed by atoms with E-state index in [2.05, 4.69) is 11.6 Å². The van der Waals surface area contributed by atoms with Gasteiger partial charge in [-0.15, -0.1) is 0 Å². The molecule has 0 saturated carbocycles. The van der Waals surface area contributed by atoms with Gasteiger partial charge in [0.1, 0.15) is 0 Å². The van der Waals surface area contributed by atoms with Crippen LogP contribution in [0.1, 0.15) is 0 Å². The van der Waals surface area contributed by atoms with Crippen molar-refractivity contribution in [3.05, 3.63) is 0 Å². The first-order valence-electron chi connectivity index (χ1n) is 1.84. The van der Waals surface area contributed by atoms with Gasteiger partial charge in [-0.2, -0.15) is 13.2 Å². The molecule has 0 heterocycles. The van der Waals surface area contributed by atoms with Crippen LogP contribution < -0.4 is 0 Å². The van der Waals surface area contributed by atoms with Crippen LogP contribution in [0.5, 0.6) is 0 Å². The van der Waals surface area contributed by atoms with Gasteiger partial charge >= 0.3 is 11.3 Å². The second-order valence-electron chi connectivity index (χ2n) is 1.35. The number of halogens is 6. The molecule has 0 aliphatic carbocycles. The van der Waals surface area contributed by atoms with Gasteiger partial charge in [0.2, 0.25) is 0 Å².